The van der Waals surface area contributed by atoms with Gasteiger partial charge >= 0.3 is 0 Å². The monoisotopic (exact) mass is 445 g/mol. The highest BCUT2D eigenvalue weighted by molar-refractivity contribution is 6.06. The van der Waals surface area contributed by atoms with Crippen LogP contribution in [0.25, 0.3) is 5.70 Å². The van der Waals surface area contributed by atoms with E-state index in [0.29, 0.717) is 12.0 Å². The molecule has 4 rings (SSSR count). The van der Waals surface area contributed by atoms with Crippen molar-refractivity contribution in [2.45, 2.75) is 71.8 Å². The summed E-state index contributed by atoms with van der Waals surface area (Å²) in [5.74, 6) is 1.62. The molecule has 5 heteroatoms. The van der Waals surface area contributed by atoms with Gasteiger partial charge in [-0.1, -0.05) is 25.8 Å². The molecular formula is C28H39N5. The van der Waals surface area contributed by atoms with Crippen LogP contribution in [0.15, 0.2) is 52.2 Å². The summed E-state index contributed by atoms with van der Waals surface area (Å²) >= 11 is 0. The van der Waals surface area contributed by atoms with Crippen LogP contribution in [0.5, 0.6) is 0 Å². The smallest absolute Gasteiger partial charge is 0.137 e. The van der Waals surface area contributed by atoms with Crippen molar-refractivity contribution < 1.29 is 0 Å². The van der Waals surface area contributed by atoms with E-state index >= 15 is 0 Å². The number of aliphatic imine (C=N–C) groups is 2. The summed E-state index contributed by atoms with van der Waals surface area (Å²) in [5.41, 5.74) is 7.00. The van der Waals surface area contributed by atoms with E-state index in [1.165, 1.54) is 48.8 Å². The molecule has 0 radical (unpaired) electrons. The van der Waals surface area contributed by atoms with Gasteiger partial charge in [-0.3, -0.25) is 15.0 Å². The van der Waals surface area contributed by atoms with Gasteiger partial charge in [0.25, 0.3) is 0 Å². The van der Waals surface area contributed by atoms with Gasteiger partial charge in [-0.05, 0) is 76.8 Å². The largest absolute Gasteiger partial charge is 0.371 e. The lowest BCUT2D eigenvalue weighted by Gasteiger charge is -2.35. The minimum atomic E-state index is 0.513. The number of aryl methyl sites for hydroxylation is 2. The predicted molar refractivity (Wildman–Crippen MR) is 139 cm³/mol. The van der Waals surface area contributed by atoms with Gasteiger partial charge in [0.05, 0.1) is 0 Å². The van der Waals surface area contributed by atoms with Crippen molar-refractivity contribution in [2.24, 2.45) is 15.9 Å². The van der Waals surface area contributed by atoms with Gasteiger partial charge in [0, 0.05) is 66.3 Å². The predicted octanol–water partition coefficient (Wildman–Crippen LogP) is 5.92. The minimum Gasteiger partial charge on any atom is -0.371 e. The van der Waals surface area contributed by atoms with E-state index in [4.69, 9.17) is 4.99 Å². The zero-order chi connectivity index (χ0) is 23.4. The first-order chi connectivity index (χ1) is 16.0. The highest BCUT2D eigenvalue weighted by Gasteiger charge is 2.36. The fourth-order valence-corrected chi connectivity index (χ4v) is 5.70. The number of aromatic nitrogens is 1. The summed E-state index contributed by atoms with van der Waals surface area (Å²) in [7, 11) is 0. The third-order valence-electron chi connectivity index (χ3n) is 7.30. The van der Waals surface area contributed by atoms with Crippen molar-refractivity contribution >= 4 is 18.3 Å². The first-order valence-corrected chi connectivity index (χ1v) is 12.6. The van der Waals surface area contributed by atoms with Crippen LogP contribution in [-0.2, 0) is 0 Å². The summed E-state index contributed by atoms with van der Waals surface area (Å²) in [6.45, 7) is 17.2. The molecule has 176 valence electrons. The van der Waals surface area contributed by atoms with Crippen LogP contribution in [0.4, 0.5) is 0 Å². The Hall–Kier alpha value is -2.69. The second-order valence-electron chi connectivity index (χ2n) is 9.65. The number of hydrogen-bond acceptors (Lipinski definition) is 4. The van der Waals surface area contributed by atoms with Crippen LogP contribution in [0.1, 0.15) is 68.8 Å². The number of nitrogens with zero attached hydrogens (tertiary/aromatic N) is 5. The van der Waals surface area contributed by atoms with Gasteiger partial charge in [0.1, 0.15) is 5.84 Å². The Bertz CT molecular complexity index is 952. The maximum atomic E-state index is 4.93. The van der Waals surface area contributed by atoms with Crippen LogP contribution < -0.4 is 0 Å². The van der Waals surface area contributed by atoms with Crippen LogP contribution in [-0.4, -0.2) is 53.0 Å². The Balaban J connectivity index is 1.52. The first-order valence-electron chi connectivity index (χ1n) is 12.6. The Morgan fingerprint density at radius 3 is 2.36 bits per heavy atom. The van der Waals surface area contributed by atoms with E-state index < -0.39 is 0 Å². The molecular weight excluding hydrogens is 406 g/mol. The minimum absolute atomic E-state index is 0.513. The topological polar surface area (TPSA) is 44.1 Å². The molecule has 1 saturated heterocycles. The lowest BCUT2D eigenvalue weighted by molar-refractivity contribution is 0.276. The van der Waals surface area contributed by atoms with Crippen molar-refractivity contribution in [3.8, 4) is 0 Å². The summed E-state index contributed by atoms with van der Waals surface area (Å²) in [6.07, 6.45) is 13.1. The molecule has 2 fully saturated rings. The molecule has 0 amide bonds. The highest BCUT2D eigenvalue weighted by Crippen LogP contribution is 2.39. The van der Waals surface area contributed by atoms with E-state index in [0.717, 1.165) is 55.4 Å². The van der Waals surface area contributed by atoms with Gasteiger partial charge in [-0.25, -0.2) is 0 Å². The van der Waals surface area contributed by atoms with E-state index in [9.17, 15) is 0 Å². The van der Waals surface area contributed by atoms with Crippen molar-refractivity contribution in [3.63, 3.8) is 0 Å². The van der Waals surface area contributed by atoms with E-state index in [-0.39, 0.29) is 0 Å². The molecule has 1 aromatic rings. The van der Waals surface area contributed by atoms with E-state index in [1.807, 2.05) is 6.20 Å². The molecule has 0 bridgehead atoms. The van der Waals surface area contributed by atoms with Crippen molar-refractivity contribution in [3.05, 3.63) is 59.2 Å². The normalized spacial score (nSPS) is 22.8. The van der Waals surface area contributed by atoms with Gasteiger partial charge in [-0.15, -0.1) is 0 Å². The summed E-state index contributed by atoms with van der Waals surface area (Å²) in [4.78, 5) is 18.5. The molecule has 0 N–H and O–H groups in total. The van der Waals surface area contributed by atoms with Gasteiger partial charge < -0.3 is 9.80 Å². The molecule has 1 aliphatic carbocycles. The maximum Gasteiger partial charge on any atom is 0.137 e. The number of pyridine rings is 1. The Morgan fingerprint density at radius 1 is 1.09 bits per heavy atom. The number of likely N-dealkylation sites (tertiary alicyclic amines) is 1. The maximum absolute atomic E-state index is 4.93. The second kappa shape index (κ2) is 10.5. The number of rotatable bonds is 6. The molecule has 33 heavy (non-hydrogen) atoms. The van der Waals surface area contributed by atoms with Crippen molar-refractivity contribution in [1.29, 1.82) is 0 Å². The molecule has 0 spiro atoms. The zero-order valence-corrected chi connectivity index (χ0v) is 20.7. The van der Waals surface area contributed by atoms with Gasteiger partial charge in [0.15, 0.2) is 0 Å². The quantitative estimate of drug-likeness (QED) is 0.511. The molecule has 0 atom stereocenters. The average Bonchev–Trinajstić information content (AvgIpc) is 3.17. The summed E-state index contributed by atoms with van der Waals surface area (Å²) in [5, 5.41) is 0. The average molecular weight is 446 g/mol. The van der Waals surface area contributed by atoms with Crippen LogP contribution in [0.2, 0.25) is 0 Å². The van der Waals surface area contributed by atoms with E-state index in [2.05, 4.69) is 72.2 Å². The Kier molecular flexibility index (Phi) is 7.46. The summed E-state index contributed by atoms with van der Waals surface area (Å²) < 4.78 is 0. The van der Waals surface area contributed by atoms with Gasteiger partial charge in [0.2, 0.25) is 0 Å². The van der Waals surface area contributed by atoms with Crippen LogP contribution in [0.3, 0.4) is 0 Å². The standard InChI is InChI=1S/C28H39N5/c1-6-30-28-26(18-29-5)27(19-33(28)25-10-8-7-9-11-25)23-12-14-32(15-13-23)22(4)24-16-20(2)31-21(3)17-24/h16-19,23,25H,4-15H2,1-3H3/b26-18-,30-28?. The highest BCUT2D eigenvalue weighted by atomic mass is 15.2. The molecule has 2 aliphatic heterocycles. The molecule has 1 aromatic heterocycles. The number of piperidine rings is 1. The lowest BCUT2D eigenvalue weighted by Crippen LogP contribution is -2.35. The van der Waals surface area contributed by atoms with E-state index in [1.54, 1.807) is 0 Å². The Labute approximate surface area is 199 Å². The second-order valence-corrected chi connectivity index (χ2v) is 9.65. The van der Waals surface area contributed by atoms with Gasteiger partial charge in [-0.2, -0.15) is 0 Å². The lowest BCUT2D eigenvalue weighted by atomic mass is 9.86. The van der Waals surface area contributed by atoms with Crippen molar-refractivity contribution in [2.75, 3.05) is 19.6 Å². The molecule has 3 heterocycles. The first kappa shape index (κ1) is 23.5. The molecule has 5 nitrogen and oxygen atoms in total. The summed E-state index contributed by atoms with van der Waals surface area (Å²) in [6, 6.07) is 4.85. The van der Waals surface area contributed by atoms with Crippen molar-refractivity contribution in [1.82, 2.24) is 14.8 Å². The molecule has 0 unspecified atom stereocenters. The molecule has 0 aromatic carbocycles. The number of hydrogen-bond donors (Lipinski definition) is 0. The zero-order valence-electron chi connectivity index (χ0n) is 20.7. The molecule has 1 saturated carbocycles. The van der Waals surface area contributed by atoms with Crippen LogP contribution >= 0.6 is 0 Å². The number of amidine groups is 1. The third kappa shape index (κ3) is 5.13. The fourth-order valence-electron chi connectivity index (χ4n) is 5.70. The SMILES string of the molecule is C=N/C=C1/C(C2CCN(C(=C)c3cc(C)nc(C)c3)CC2)=CN(C2CCCCC2)C1=NCC. The fraction of sp³-hybridized carbons (Fsp3) is 0.536. The Morgan fingerprint density at radius 2 is 1.76 bits per heavy atom. The molecule has 3 aliphatic rings. The third-order valence-corrected chi connectivity index (χ3v) is 7.30. The van der Waals surface area contributed by atoms with Crippen LogP contribution in [0, 0.1) is 19.8 Å².